The number of benzene rings is 1. The molecule has 0 saturated carbocycles. The molecule has 0 amide bonds. The van der Waals surface area contributed by atoms with Crippen molar-refractivity contribution in [2.45, 2.75) is 24.8 Å². The molecule has 0 aliphatic carbocycles. The molecule has 3 heterocycles. The minimum absolute atomic E-state index is 0.275. The van der Waals surface area contributed by atoms with Gasteiger partial charge >= 0.3 is 0 Å². The summed E-state index contributed by atoms with van der Waals surface area (Å²) in [4.78, 5) is 9.71. The molecule has 2 fully saturated rings. The van der Waals surface area contributed by atoms with Gasteiger partial charge in [-0.3, -0.25) is 9.11 Å². The molecule has 31 heavy (non-hydrogen) atoms. The number of rotatable bonds is 5. The summed E-state index contributed by atoms with van der Waals surface area (Å²) in [7, 11) is -4.45. The van der Waals surface area contributed by atoms with Crippen molar-refractivity contribution in [2.24, 2.45) is 0 Å². The second kappa shape index (κ2) is 9.36. The van der Waals surface area contributed by atoms with E-state index in [1.54, 1.807) is 12.1 Å². The third-order valence-corrected chi connectivity index (χ3v) is 9.27. The van der Waals surface area contributed by atoms with Crippen molar-refractivity contribution in [3.05, 3.63) is 42.6 Å². The Morgan fingerprint density at radius 2 is 1.48 bits per heavy atom. The van der Waals surface area contributed by atoms with Gasteiger partial charge in [-0.05, 0) is 43.7 Å². The highest BCUT2D eigenvalue weighted by Crippen LogP contribution is 2.25. The lowest BCUT2D eigenvalue weighted by Crippen LogP contribution is -2.49. The maximum atomic E-state index is 12.8. The molecule has 2 aliphatic rings. The minimum Gasteiger partial charge on any atom is -0.354 e. The van der Waals surface area contributed by atoms with Crippen molar-refractivity contribution < 1.29 is 12.6 Å². The van der Waals surface area contributed by atoms with Gasteiger partial charge in [-0.15, -0.1) is 0 Å². The van der Waals surface area contributed by atoms with Crippen LogP contribution in [0, 0.1) is 0 Å². The first-order valence-corrected chi connectivity index (χ1v) is 13.7. The number of hydrogen-bond acceptors (Lipinski definition) is 6. The van der Waals surface area contributed by atoms with Crippen LogP contribution in [0.2, 0.25) is 0 Å². The molecule has 0 unspecified atom stereocenters. The molecule has 4 rings (SSSR count). The van der Waals surface area contributed by atoms with Crippen LogP contribution in [0.15, 0.2) is 47.5 Å². The van der Waals surface area contributed by atoms with Crippen LogP contribution in [0.3, 0.4) is 0 Å². The average molecular weight is 463 g/mol. The molecule has 1 aromatic heterocycles. The number of sulfonamides is 1. The van der Waals surface area contributed by atoms with E-state index in [2.05, 4.69) is 28.6 Å². The van der Waals surface area contributed by atoms with E-state index in [-0.39, 0.29) is 4.90 Å². The molecule has 0 radical (unpaired) electrons. The van der Waals surface area contributed by atoms with E-state index in [1.807, 2.05) is 30.5 Å². The van der Waals surface area contributed by atoms with E-state index in [1.165, 1.54) is 4.31 Å². The van der Waals surface area contributed by atoms with Crippen molar-refractivity contribution in [3.63, 3.8) is 0 Å². The maximum Gasteiger partial charge on any atom is 0.243 e. The van der Waals surface area contributed by atoms with E-state index in [9.17, 15) is 12.6 Å². The highest BCUT2D eigenvalue weighted by Gasteiger charge is 2.28. The zero-order valence-electron chi connectivity index (χ0n) is 18.1. The number of piperazine rings is 1. The van der Waals surface area contributed by atoms with Crippen LogP contribution >= 0.6 is 0 Å². The number of aromatic nitrogens is 1. The largest absolute Gasteiger partial charge is 0.354 e. The first-order valence-electron chi connectivity index (χ1n) is 10.8. The Labute approximate surface area is 187 Å². The molecular formula is C22H30N4O3S2. The Morgan fingerprint density at radius 3 is 2.03 bits per heavy atom. The quantitative estimate of drug-likeness (QED) is 0.677. The number of anilines is 1. The molecule has 0 bridgehead atoms. The smallest absolute Gasteiger partial charge is 0.243 e. The molecule has 2 aliphatic heterocycles. The van der Waals surface area contributed by atoms with E-state index in [0.29, 0.717) is 30.6 Å². The Hall–Kier alpha value is -1.81. The molecule has 9 heteroatoms. The molecule has 0 N–H and O–H groups in total. The summed E-state index contributed by atoms with van der Waals surface area (Å²) in [5.41, 5.74) is 1.89. The van der Waals surface area contributed by atoms with Gasteiger partial charge in [0.2, 0.25) is 10.0 Å². The van der Waals surface area contributed by atoms with Gasteiger partial charge in [0.15, 0.2) is 0 Å². The monoisotopic (exact) mass is 462 g/mol. The normalized spacial score (nSPS) is 19.8. The topological polar surface area (TPSA) is 73.8 Å². The van der Waals surface area contributed by atoms with E-state index in [4.69, 9.17) is 0 Å². The molecule has 2 aromatic rings. The first kappa shape index (κ1) is 22.4. The fourth-order valence-electron chi connectivity index (χ4n) is 4.04. The third-order valence-electron chi connectivity index (χ3n) is 6.08. The summed E-state index contributed by atoms with van der Waals surface area (Å²) in [5, 5.41) is 0. The molecule has 7 nitrogen and oxygen atoms in total. The van der Waals surface area contributed by atoms with Crippen molar-refractivity contribution in [1.29, 1.82) is 0 Å². The lowest BCUT2D eigenvalue weighted by molar-refractivity contribution is 0.209. The summed E-state index contributed by atoms with van der Waals surface area (Å²) in [6, 6.07) is 11.6. The fourth-order valence-corrected chi connectivity index (χ4v) is 6.77. The first-order chi connectivity index (χ1) is 14.8. The lowest BCUT2D eigenvalue weighted by Gasteiger charge is -2.37. The minimum atomic E-state index is -3.54. The van der Waals surface area contributed by atoms with Crippen LogP contribution in [0.5, 0.6) is 0 Å². The zero-order chi connectivity index (χ0) is 22.0. The maximum absolute atomic E-state index is 12.8. The van der Waals surface area contributed by atoms with Gasteiger partial charge in [-0.2, -0.15) is 4.31 Å². The van der Waals surface area contributed by atoms with Crippen LogP contribution in [0.4, 0.5) is 5.82 Å². The van der Waals surface area contributed by atoms with Gasteiger partial charge in [0.25, 0.3) is 0 Å². The van der Waals surface area contributed by atoms with Crippen molar-refractivity contribution >= 4 is 26.6 Å². The highest BCUT2D eigenvalue weighted by atomic mass is 32.2. The lowest BCUT2D eigenvalue weighted by atomic mass is 10.1. The van der Waals surface area contributed by atoms with Gasteiger partial charge in [0.05, 0.1) is 4.90 Å². The summed E-state index contributed by atoms with van der Waals surface area (Å²) < 4.78 is 38.6. The summed E-state index contributed by atoms with van der Waals surface area (Å²) in [6.07, 6.45) is 1.85. The van der Waals surface area contributed by atoms with Gasteiger partial charge in [0.1, 0.15) is 5.82 Å². The van der Waals surface area contributed by atoms with Crippen molar-refractivity contribution in [2.75, 3.05) is 55.7 Å². The van der Waals surface area contributed by atoms with Crippen molar-refractivity contribution in [3.8, 4) is 11.1 Å². The molecule has 2 saturated heterocycles. The molecule has 0 spiro atoms. The third kappa shape index (κ3) is 5.00. The van der Waals surface area contributed by atoms with E-state index < -0.39 is 20.8 Å². The van der Waals surface area contributed by atoms with Gasteiger partial charge in [-0.1, -0.05) is 12.1 Å². The zero-order valence-corrected chi connectivity index (χ0v) is 19.7. The van der Waals surface area contributed by atoms with Crippen LogP contribution in [-0.2, 0) is 20.8 Å². The van der Waals surface area contributed by atoms with E-state index >= 15 is 0 Å². The van der Waals surface area contributed by atoms with Crippen LogP contribution in [0.25, 0.3) is 11.1 Å². The molecular weight excluding hydrogens is 432 g/mol. The average Bonchev–Trinajstić information content (AvgIpc) is 2.80. The second-order valence-electron chi connectivity index (χ2n) is 8.30. The van der Waals surface area contributed by atoms with E-state index in [0.717, 1.165) is 43.1 Å². The second-order valence-corrected chi connectivity index (χ2v) is 11.9. The summed E-state index contributed by atoms with van der Waals surface area (Å²) in [5.74, 6) is 1.79. The molecule has 1 aromatic carbocycles. The Balaban J connectivity index is 1.43. The predicted octanol–water partition coefficient (Wildman–Crippen LogP) is 2.03. The number of hydrogen-bond donors (Lipinski definition) is 0. The fraction of sp³-hybridized carbons (Fsp3) is 0.500. The van der Waals surface area contributed by atoms with Gasteiger partial charge in [-0.25, -0.2) is 13.4 Å². The summed E-state index contributed by atoms with van der Waals surface area (Å²) >= 11 is 0. The van der Waals surface area contributed by atoms with Crippen LogP contribution < -0.4 is 4.90 Å². The molecule has 168 valence electrons. The predicted molar refractivity (Wildman–Crippen MR) is 125 cm³/mol. The number of pyridine rings is 1. The SMILES string of the molecule is CC(C)N1CCN(c2ccc(-c3ccc(S(=O)(=O)N4CCS(=O)CC4)cc3)cn2)CC1. The molecule has 0 atom stereocenters. The number of nitrogens with zero attached hydrogens (tertiary/aromatic N) is 4. The standard InChI is InChI=1S/C22H30N4O3S2/c1-18(2)24-9-11-25(12-10-24)22-8-5-20(17-23-22)19-3-6-21(7-4-19)31(28,29)26-13-15-30(27)16-14-26/h3-8,17-18H,9-16H2,1-2H3. The Morgan fingerprint density at radius 1 is 0.871 bits per heavy atom. The van der Waals surface area contributed by atoms with Gasteiger partial charge < -0.3 is 4.90 Å². The van der Waals surface area contributed by atoms with Gasteiger partial charge in [0, 0.05) is 79.4 Å². The Bertz CT molecular complexity index is 1010. The van der Waals surface area contributed by atoms with Crippen LogP contribution in [0.1, 0.15) is 13.8 Å². The highest BCUT2D eigenvalue weighted by molar-refractivity contribution is 7.89. The summed E-state index contributed by atoms with van der Waals surface area (Å²) in [6.45, 7) is 9.12. The van der Waals surface area contributed by atoms with Crippen LogP contribution in [-0.4, -0.2) is 83.6 Å². The van der Waals surface area contributed by atoms with Crippen molar-refractivity contribution in [1.82, 2.24) is 14.2 Å². The Kier molecular flexibility index (Phi) is 6.76.